The highest BCUT2D eigenvalue weighted by Crippen LogP contribution is 2.33. The van der Waals surface area contributed by atoms with E-state index < -0.39 is 5.97 Å². The van der Waals surface area contributed by atoms with Gasteiger partial charge in [-0.05, 0) is 35.5 Å². The second-order valence-corrected chi connectivity index (χ2v) is 9.09. The summed E-state index contributed by atoms with van der Waals surface area (Å²) in [6.45, 7) is 7.06. The third-order valence-electron chi connectivity index (χ3n) is 4.22. The summed E-state index contributed by atoms with van der Waals surface area (Å²) >= 11 is 6.66. The fourth-order valence-corrected chi connectivity index (χ4v) is 3.95. The Morgan fingerprint density at radius 1 is 1.19 bits per heavy atom. The topological polar surface area (TPSA) is 57.6 Å². The van der Waals surface area contributed by atoms with Crippen LogP contribution < -0.4 is 0 Å². The molecule has 1 aliphatic rings. The van der Waals surface area contributed by atoms with Gasteiger partial charge in [0.1, 0.15) is 4.32 Å². The molecule has 4 nitrogen and oxygen atoms in total. The van der Waals surface area contributed by atoms with Crippen molar-refractivity contribution in [3.05, 3.63) is 40.3 Å². The molecule has 1 fully saturated rings. The van der Waals surface area contributed by atoms with Crippen molar-refractivity contribution >= 4 is 46.3 Å². The minimum atomic E-state index is -0.781. The highest BCUT2D eigenvalue weighted by Gasteiger charge is 2.31. The van der Waals surface area contributed by atoms with Gasteiger partial charge in [-0.3, -0.25) is 14.5 Å². The molecule has 1 aliphatic heterocycles. The summed E-state index contributed by atoms with van der Waals surface area (Å²) in [5.74, 6) is -0.839. The van der Waals surface area contributed by atoms with Crippen LogP contribution in [0.2, 0.25) is 0 Å². The van der Waals surface area contributed by atoms with Gasteiger partial charge >= 0.3 is 5.97 Å². The van der Waals surface area contributed by atoms with Crippen LogP contribution in [0.3, 0.4) is 0 Å². The van der Waals surface area contributed by atoms with Gasteiger partial charge in [0.05, 0.1) is 4.91 Å². The second-order valence-electron chi connectivity index (χ2n) is 7.41. The first-order valence-corrected chi connectivity index (χ1v) is 9.98. The molecule has 0 unspecified atom stereocenters. The average molecular weight is 392 g/mol. The maximum atomic E-state index is 12.6. The SMILES string of the molecule is CC(C)(C)c1ccc(/C=C2\SC(=S)N(CCCCCC(=O)O)C2=O)cc1. The van der Waals surface area contributed by atoms with Crippen molar-refractivity contribution in [2.45, 2.75) is 51.9 Å². The molecular formula is C20H25NO3S2. The minimum Gasteiger partial charge on any atom is -0.481 e. The van der Waals surface area contributed by atoms with Crippen molar-refractivity contribution in [1.29, 1.82) is 0 Å². The number of hydrogen-bond acceptors (Lipinski definition) is 4. The van der Waals surface area contributed by atoms with Crippen LogP contribution in [0, 0.1) is 0 Å². The summed E-state index contributed by atoms with van der Waals surface area (Å²) in [7, 11) is 0. The second kappa shape index (κ2) is 8.82. The van der Waals surface area contributed by atoms with Crippen LogP contribution in [0.1, 0.15) is 57.6 Å². The number of carboxylic acids is 1. The van der Waals surface area contributed by atoms with Crippen LogP contribution >= 0.6 is 24.0 Å². The van der Waals surface area contributed by atoms with Crippen LogP contribution in [0.15, 0.2) is 29.2 Å². The number of carbonyl (C=O) groups is 2. The highest BCUT2D eigenvalue weighted by molar-refractivity contribution is 8.26. The zero-order valence-electron chi connectivity index (χ0n) is 15.4. The lowest BCUT2D eigenvalue weighted by Gasteiger charge is -2.18. The van der Waals surface area contributed by atoms with E-state index in [1.165, 1.54) is 17.3 Å². The zero-order chi connectivity index (χ0) is 19.3. The Morgan fingerprint density at radius 2 is 1.85 bits per heavy atom. The Bertz CT molecular complexity index is 718. The van der Waals surface area contributed by atoms with Crippen LogP contribution in [-0.2, 0) is 15.0 Å². The van der Waals surface area contributed by atoms with Gasteiger partial charge in [0.2, 0.25) is 0 Å². The lowest BCUT2D eigenvalue weighted by atomic mass is 9.87. The molecule has 0 spiro atoms. The summed E-state index contributed by atoms with van der Waals surface area (Å²) in [6.07, 6.45) is 4.21. The lowest BCUT2D eigenvalue weighted by Crippen LogP contribution is -2.29. The largest absolute Gasteiger partial charge is 0.481 e. The van der Waals surface area contributed by atoms with E-state index in [1.807, 2.05) is 18.2 Å². The van der Waals surface area contributed by atoms with E-state index in [0.29, 0.717) is 22.2 Å². The Morgan fingerprint density at radius 3 is 2.42 bits per heavy atom. The molecule has 1 aromatic carbocycles. The summed E-state index contributed by atoms with van der Waals surface area (Å²) in [6, 6.07) is 8.24. The molecule has 1 saturated heterocycles. The van der Waals surface area contributed by atoms with Crippen molar-refractivity contribution in [3.8, 4) is 0 Å². The Labute approximate surface area is 164 Å². The fraction of sp³-hybridized carbons (Fsp3) is 0.450. The van der Waals surface area contributed by atoms with Crippen LogP contribution in [0.25, 0.3) is 6.08 Å². The third-order valence-corrected chi connectivity index (χ3v) is 5.60. The first kappa shape index (κ1) is 20.6. The summed E-state index contributed by atoms with van der Waals surface area (Å²) in [5, 5.41) is 8.65. The Kier molecular flexibility index (Phi) is 7.01. The predicted molar refractivity (Wildman–Crippen MR) is 111 cm³/mol. The summed E-state index contributed by atoms with van der Waals surface area (Å²) < 4.78 is 0.575. The predicted octanol–water partition coefficient (Wildman–Crippen LogP) is 4.83. The highest BCUT2D eigenvalue weighted by atomic mass is 32.2. The van der Waals surface area contributed by atoms with Crippen LogP contribution in [0.5, 0.6) is 0 Å². The molecule has 140 valence electrons. The maximum Gasteiger partial charge on any atom is 0.303 e. The number of unbranched alkanes of at least 4 members (excludes halogenated alkanes) is 2. The number of benzene rings is 1. The molecule has 0 aromatic heterocycles. The number of carboxylic acid groups (broad SMARTS) is 1. The number of rotatable bonds is 7. The first-order valence-electron chi connectivity index (χ1n) is 8.76. The molecule has 0 saturated carbocycles. The van der Waals surface area contributed by atoms with E-state index in [9.17, 15) is 9.59 Å². The molecule has 0 atom stereocenters. The molecule has 0 bridgehead atoms. The van der Waals surface area contributed by atoms with Crippen LogP contribution in [-0.4, -0.2) is 32.7 Å². The van der Waals surface area contributed by atoms with Gasteiger partial charge in [0.15, 0.2) is 0 Å². The minimum absolute atomic E-state index is 0.0573. The first-order chi connectivity index (χ1) is 12.2. The molecule has 1 amide bonds. The molecule has 0 radical (unpaired) electrons. The molecular weight excluding hydrogens is 366 g/mol. The number of nitrogens with zero attached hydrogens (tertiary/aromatic N) is 1. The van der Waals surface area contributed by atoms with Crippen molar-refractivity contribution in [2.75, 3.05) is 6.54 Å². The van der Waals surface area contributed by atoms with E-state index >= 15 is 0 Å². The van der Waals surface area contributed by atoms with E-state index in [4.69, 9.17) is 17.3 Å². The van der Waals surface area contributed by atoms with Gasteiger partial charge in [-0.15, -0.1) is 0 Å². The zero-order valence-corrected chi connectivity index (χ0v) is 17.1. The lowest BCUT2D eigenvalue weighted by molar-refractivity contribution is -0.137. The molecule has 0 aliphatic carbocycles. The number of aliphatic carboxylic acids is 1. The van der Waals surface area contributed by atoms with Gasteiger partial charge in [-0.1, -0.05) is 75.4 Å². The molecule has 1 aromatic rings. The van der Waals surface area contributed by atoms with E-state index in [0.717, 1.165) is 18.4 Å². The molecule has 6 heteroatoms. The van der Waals surface area contributed by atoms with Gasteiger partial charge in [0, 0.05) is 13.0 Å². The van der Waals surface area contributed by atoms with Gasteiger partial charge in [-0.25, -0.2) is 0 Å². The van der Waals surface area contributed by atoms with Crippen molar-refractivity contribution < 1.29 is 14.7 Å². The quantitative estimate of drug-likeness (QED) is 0.410. The average Bonchev–Trinajstić information content (AvgIpc) is 2.81. The van der Waals surface area contributed by atoms with E-state index in [1.54, 1.807) is 4.90 Å². The third kappa shape index (κ3) is 5.68. The van der Waals surface area contributed by atoms with E-state index in [2.05, 4.69) is 32.9 Å². The molecule has 1 N–H and O–H groups in total. The summed E-state index contributed by atoms with van der Waals surface area (Å²) in [4.78, 5) is 25.4. The Hall–Kier alpha value is -1.66. The number of thioether (sulfide) groups is 1. The fourth-order valence-electron chi connectivity index (χ4n) is 2.65. The monoisotopic (exact) mass is 391 g/mol. The maximum absolute atomic E-state index is 12.6. The number of hydrogen-bond donors (Lipinski definition) is 1. The van der Waals surface area contributed by atoms with Gasteiger partial charge in [-0.2, -0.15) is 0 Å². The number of carbonyl (C=O) groups excluding carboxylic acids is 1. The smallest absolute Gasteiger partial charge is 0.303 e. The van der Waals surface area contributed by atoms with Crippen molar-refractivity contribution in [3.63, 3.8) is 0 Å². The normalized spacial score (nSPS) is 16.6. The number of amides is 1. The number of thiocarbonyl (C=S) groups is 1. The standard InChI is InChI=1S/C20H25NO3S2/c1-20(2,3)15-10-8-14(9-11-15)13-16-18(24)21(19(25)26-16)12-6-4-5-7-17(22)23/h8-11,13H,4-7,12H2,1-3H3,(H,22,23)/b16-13-. The van der Waals surface area contributed by atoms with Crippen molar-refractivity contribution in [2.24, 2.45) is 0 Å². The summed E-state index contributed by atoms with van der Waals surface area (Å²) in [5.41, 5.74) is 2.34. The molecule has 1 heterocycles. The van der Waals surface area contributed by atoms with Crippen molar-refractivity contribution in [1.82, 2.24) is 4.90 Å². The van der Waals surface area contributed by atoms with Gasteiger partial charge < -0.3 is 5.11 Å². The van der Waals surface area contributed by atoms with Gasteiger partial charge in [0.25, 0.3) is 5.91 Å². The molecule has 2 rings (SSSR count). The van der Waals surface area contributed by atoms with Crippen LogP contribution in [0.4, 0.5) is 0 Å². The molecule has 26 heavy (non-hydrogen) atoms. The Balaban J connectivity index is 1.97. The van der Waals surface area contributed by atoms with E-state index in [-0.39, 0.29) is 17.7 Å².